The lowest BCUT2D eigenvalue weighted by atomic mass is 10.2. The lowest BCUT2D eigenvalue weighted by Gasteiger charge is -2.11. The van der Waals surface area contributed by atoms with E-state index in [1.54, 1.807) is 38.3 Å². The number of thioether (sulfide) groups is 1. The summed E-state index contributed by atoms with van der Waals surface area (Å²) in [5.74, 6) is -0.232. The molecule has 28 heavy (non-hydrogen) atoms. The quantitative estimate of drug-likeness (QED) is 0.692. The van der Waals surface area contributed by atoms with Crippen molar-refractivity contribution in [3.8, 4) is 5.75 Å². The Bertz CT molecular complexity index is 1060. The maximum Gasteiger partial charge on any atom is 0.284 e. The number of methoxy groups -OCH3 is 1. The van der Waals surface area contributed by atoms with Crippen LogP contribution in [0.3, 0.4) is 0 Å². The summed E-state index contributed by atoms with van der Waals surface area (Å²) in [5, 5.41) is 0.0611. The van der Waals surface area contributed by atoms with Crippen LogP contribution in [0.5, 0.6) is 5.75 Å². The summed E-state index contributed by atoms with van der Waals surface area (Å²) < 4.78 is 47.1. The van der Waals surface area contributed by atoms with Gasteiger partial charge in [-0.2, -0.15) is 8.42 Å². The zero-order valence-corrected chi connectivity index (χ0v) is 16.8. The highest BCUT2D eigenvalue weighted by Gasteiger charge is 2.34. The molecule has 146 valence electrons. The number of halogens is 1. The lowest BCUT2D eigenvalue weighted by molar-refractivity contribution is -0.122. The Morgan fingerprint density at radius 1 is 1.21 bits per heavy atom. The Kier molecular flexibility index (Phi) is 5.85. The molecule has 9 heteroatoms. The Balaban J connectivity index is 1.96. The van der Waals surface area contributed by atoms with Crippen LogP contribution in [0.4, 0.5) is 4.39 Å². The molecule has 6 nitrogen and oxygen atoms in total. The minimum atomic E-state index is -4.07. The van der Waals surface area contributed by atoms with Gasteiger partial charge in [0.25, 0.3) is 15.9 Å². The van der Waals surface area contributed by atoms with Gasteiger partial charge in [-0.1, -0.05) is 12.1 Å². The third kappa shape index (κ3) is 4.26. The number of rotatable bonds is 5. The molecule has 2 aromatic rings. The molecule has 0 radical (unpaired) electrons. The van der Waals surface area contributed by atoms with Crippen molar-refractivity contribution in [2.45, 2.75) is 11.8 Å². The predicted octanol–water partition coefficient (Wildman–Crippen LogP) is 3.52. The third-order valence-electron chi connectivity index (χ3n) is 3.91. The first-order chi connectivity index (χ1) is 13.3. The number of ether oxygens (including phenoxy) is 1. The van der Waals surface area contributed by atoms with Crippen molar-refractivity contribution in [1.82, 2.24) is 4.90 Å². The highest BCUT2D eigenvalue weighted by molar-refractivity contribution is 8.19. The van der Waals surface area contributed by atoms with Gasteiger partial charge in [0.15, 0.2) is 5.17 Å². The average Bonchev–Trinajstić information content (AvgIpc) is 2.95. The first-order valence-electron chi connectivity index (χ1n) is 8.30. The SMILES string of the molecule is CCN1C(=O)/C(=C/c2cccc(OC)c2)S/C1=N/S(=O)(=O)c1ccc(F)cc1. The van der Waals surface area contributed by atoms with E-state index in [0.717, 1.165) is 41.6 Å². The number of amidine groups is 1. The van der Waals surface area contributed by atoms with Gasteiger partial charge in [0.1, 0.15) is 11.6 Å². The summed E-state index contributed by atoms with van der Waals surface area (Å²) in [7, 11) is -2.53. The van der Waals surface area contributed by atoms with Crippen molar-refractivity contribution < 1.29 is 22.3 Å². The van der Waals surface area contributed by atoms with Crippen LogP contribution in [0.15, 0.2) is 62.7 Å². The van der Waals surface area contributed by atoms with Crippen LogP contribution in [0.25, 0.3) is 6.08 Å². The fourth-order valence-electron chi connectivity index (χ4n) is 2.50. The standard InChI is InChI=1S/C19H17FN2O4S2/c1-3-22-18(23)17(12-13-5-4-6-15(11-13)26-2)27-19(22)21-28(24,25)16-9-7-14(20)8-10-16/h4-12H,3H2,1-2H3/b17-12-,21-19+. The van der Waals surface area contributed by atoms with Crippen LogP contribution in [-0.4, -0.2) is 38.0 Å². The number of likely N-dealkylation sites (N-methyl/N-ethyl adjacent to an activating group) is 1. The first-order valence-corrected chi connectivity index (χ1v) is 10.6. The van der Waals surface area contributed by atoms with E-state index < -0.39 is 15.8 Å². The van der Waals surface area contributed by atoms with Crippen LogP contribution in [0.1, 0.15) is 12.5 Å². The Morgan fingerprint density at radius 3 is 2.57 bits per heavy atom. The van der Waals surface area contributed by atoms with E-state index in [1.807, 2.05) is 6.07 Å². The number of hydrogen-bond acceptors (Lipinski definition) is 5. The van der Waals surface area contributed by atoms with Crippen LogP contribution in [0.2, 0.25) is 0 Å². The largest absolute Gasteiger partial charge is 0.497 e. The van der Waals surface area contributed by atoms with E-state index in [2.05, 4.69) is 4.40 Å². The second-order valence-corrected chi connectivity index (χ2v) is 8.35. The number of carbonyl (C=O) groups excluding carboxylic acids is 1. The van der Waals surface area contributed by atoms with Gasteiger partial charge in [-0.3, -0.25) is 9.69 Å². The van der Waals surface area contributed by atoms with Crippen molar-refractivity contribution in [3.63, 3.8) is 0 Å². The van der Waals surface area contributed by atoms with E-state index in [9.17, 15) is 17.6 Å². The molecule has 0 bridgehead atoms. The van der Waals surface area contributed by atoms with Crippen molar-refractivity contribution in [2.24, 2.45) is 4.40 Å². The maximum absolute atomic E-state index is 13.1. The van der Waals surface area contributed by atoms with Gasteiger partial charge in [0.2, 0.25) is 0 Å². The van der Waals surface area contributed by atoms with Crippen LogP contribution >= 0.6 is 11.8 Å². The molecule has 3 rings (SSSR count). The second-order valence-electron chi connectivity index (χ2n) is 5.74. The molecule has 0 N–H and O–H groups in total. The van der Waals surface area contributed by atoms with Crippen LogP contribution < -0.4 is 4.74 Å². The molecule has 0 atom stereocenters. The predicted molar refractivity (Wildman–Crippen MR) is 107 cm³/mol. The Labute approximate surface area is 166 Å². The van der Waals surface area contributed by atoms with Gasteiger partial charge in [-0.05, 0) is 66.7 Å². The van der Waals surface area contributed by atoms with Crippen LogP contribution in [0, 0.1) is 5.82 Å². The third-order valence-corrected chi connectivity index (χ3v) is 6.31. The van der Waals surface area contributed by atoms with Gasteiger partial charge >= 0.3 is 0 Å². The normalized spacial score (nSPS) is 17.5. The Hall–Kier alpha value is -2.65. The van der Waals surface area contributed by atoms with Gasteiger partial charge in [-0.15, -0.1) is 4.40 Å². The minimum Gasteiger partial charge on any atom is -0.497 e. The summed E-state index contributed by atoms with van der Waals surface area (Å²) in [6.07, 6.45) is 1.66. The van der Waals surface area contributed by atoms with E-state index in [1.165, 1.54) is 4.90 Å². The fraction of sp³-hybridized carbons (Fsp3) is 0.158. The summed E-state index contributed by atoms with van der Waals surface area (Å²) in [5.41, 5.74) is 0.744. The fourth-order valence-corrected chi connectivity index (χ4v) is 4.74. The molecule has 1 heterocycles. The van der Waals surface area contributed by atoms with Crippen LogP contribution in [-0.2, 0) is 14.8 Å². The molecule has 1 aliphatic heterocycles. The monoisotopic (exact) mass is 420 g/mol. The first kappa shape index (κ1) is 20.1. The smallest absolute Gasteiger partial charge is 0.284 e. The zero-order chi connectivity index (χ0) is 20.3. The lowest BCUT2D eigenvalue weighted by Crippen LogP contribution is -2.29. The molecular weight excluding hydrogens is 403 g/mol. The van der Waals surface area contributed by atoms with Crippen molar-refractivity contribution in [2.75, 3.05) is 13.7 Å². The number of carbonyl (C=O) groups is 1. The summed E-state index contributed by atoms with van der Waals surface area (Å²) in [6, 6.07) is 11.5. The van der Waals surface area contributed by atoms with E-state index in [-0.39, 0.29) is 22.5 Å². The summed E-state index contributed by atoms with van der Waals surface area (Å²) in [4.78, 5) is 14.1. The van der Waals surface area contributed by atoms with Gasteiger partial charge in [0, 0.05) is 6.54 Å². The van der Waals surface area contributed by atoms with Gasteiger partial charge in [0.05, 0.1) is 16.9 Å². The number of nitrogens with zero attached hydrogens (tertiary/aromatic N) is 2. The van der Waals surface area contributed by atoms with Crippen molar-refractivity contribution in [3.05, 3.63) is 64.8 Å². The van der Waals surface area contributed by atoms with E-state index in [0.29, 0.717) is 10.7 Å². The maximum atomic E-state index is 13.1. The number of amides is 1. The Morgan fingerprint density at radius 2 is 1.93 bits per heavy atom. The summed E-state index contributed by atoms with van der Waals surface area (Å²) >= 11 is 0.978. The minimum absolute atomic E-state index is 0.0611. The molecule has 0 saturated carbocycles. The molecule has 1 aliphatic rings. The topological polar surface area (TPSA) is 76.0 Å². The van der Waals surface area contributed by atoms with E-state index >= 15 is 0 Å². The molecular formula is C19H17FN2O4S2. The van der Waals surface area contributed by atoms with Crippen molar-refractivity contribution >= 4 is 38.9 Å². The second kappa shape index (κ2) is 8.15. The zero-order valence-electron chi connectivity index (χ0n) is 15.1. The van der Waals surface area contributed by atoms with E-state index in [4.69, 9.17) is 4.74 Å². The summed E-state index contributed by atoms with van der Waals surface area (Å²) in [6.45, 7) is 1.99. The number of benzene rings is 2. The molecule has 0 aromatic heterocycles. The van der Waals surface area contributed by atoms with Gasteiger partial charge in [-0.25, -0.2) is 4.39 Å². The van der Waals surface area contributed by atoms with Crippen molar-refractivity contribution in [1.29, 1.82) is 0 Å². The molecule has 0 unspecified atom stereocenters. The molecule has 1 saturated heterocycles. The molecule has 1 amide bonds. The molecule has 2 aromatic carbocycles. The highest BCUT2D eigenvalue weighted by atomic mass is 32.2. The number of sulfonamides is 1. The highest BCUT2D eigenvalue weighted by Crippen LogP contribution is 2.34. The average molecular weight is 420 g/mol. The van der Waals surface area contributed by atoms with Gasteiger partial charge < -0.3 is 4.74 Å². The molecule has 0 spiro atoms. The number of hydrogen-bond donors (Lipinski definition) is 0. The molecule has 0 aliphatic carbocycles. The molecule has 1 fully saturated rings.